The Labute approximate surface area is 106 Å². The summed E-state index contributed by atoms with van der Waals surface area (Å²) >= 11 is 12.0. The minimum atomic E-state index is 0.0556. The number of halogens is 2. The maximum atomic E-state index is 11.9. The molecule has 88 valence electrons. The second kappa shape index (κ2) is 6.12. The molecular weight excluding hydrogens is 245 g/mol. The molecule has 0 fully saturated rings. The van der Waals surface area contributed by atoms with Gasteiger partial charge < -0.3 is 4.90 Å². The van der Waals surface area contributed by atoms with Crippen LogP contribution in [0.4, 0.5) is 0 Å². The molecule has 0 heterocycles. The molecule has 0 bridgehead atoms. The summed E-state index contributed by atoms with van der Waals surface area (Å²) in [6.07, 6.45) is 0.264. The maximum Gasteiger partial charge on any atom is 0.227 e. The molecule has 1 amide bonds. The van der Waals surface area contributed by atoms with Gasteiger partial charge in [-0.1, -0.05) is 29.3 Å². The van der Waals surface area contributed by atoms with Crippen molar-refractivity contribution in [3.05, 3.63) is 33.8 Å². The van der Waals surface area contributed by atoms with Gasteiger partial charge in [-0.05, 0) is 31.5 Å². The van der Waals surface area contributed by atoms with Gasteiger partial charge in [0.25, 0.3) is 0 Å². The molecule has 16 heavy (non-hydrogen) atoms. The van der Waals surface area contributed by atoms with Gasteiger partial charge in [0.05, 0.1) is 6.42 Å². The third-order valence-electron chi connectivity index (χ3n) is 2.51. The van der Waals surface area contributed by atoms with Crippen molar-refractivity contribution in [2.45, 2.75) is 20.3 Å². The quantitative estimate of drug-likeness (QED) is 0.812. The van der Waals surface area contributed by atoms with Gasteiger partial charge in [0, 0.05) is 23.1 Å². The van der Waals surface area contributed by atoms with E-state index in [0.717, 1.165) is 0 Å². The second-order valence-corrected chi connectivity index (χ2v) is 4.26. The number of hydrogen-bond acceptors (Lipinski definition) is 1. The highest BCUT2D eigenvalue weighted by Gasteiger charge is 2.14. The van der Waals surface area contributed by atoms with Crippen molar-refractivity contribution < 1.29 is 4.79 Å². The molecule has 0 aliphatic rings. The van der Waals surface area contributed by atoms with E-state index in [2.05, 4.69) is 0 Å². The second-order valence-electron chi connectivity index (χ2n) is 3.44. The predicted molar refractivity (Wildman–Crippen MR) is 68.1 cm³/mol. The van der Waals surface area contributed by atoms with Gasteiger partial charge in [-0.3, -0.25) is 4.79 Å². The van der Waals surface area contributed by atoms with Crippen molar-refractivity contribution in [1.82, 2.24) is 4.90 Å². The Morgan fingerprint density at radius 3 is 2.12 bits per heavy atom. The van der Waals surface area contributed by atoms with E-state index in [0.29, 0.717) is 28.7 Å². The Morgan fingerprint density at radius 2 is 1.69 bits per heavy atom. The summed E-state index contributed by atoms with van der Waals surface area (Å²) in [7, 11) is 0. The zero-order valence-electron chi connectivity index (χ0n) is 9.46. The molecular formula is C12H15Cl2NO. The van der Waals surface area contributed by atoms with Crippen LogP contribution in [0.2, 0.25) is 10.0 Å². The molecule has 2 nitrogen and oxygen atoms in total. The lowest BCUT2D eigenvalue weighted by atomic mass is 10.1. The van der Waals surface area contributed by atoms with Crippen molar-refractivity contribution in [3.63, 3.8) is 0 Å². The van der Waals surface area contributed by atoms with E-state index in [1.54, 1.807) is 23.1 Å². The van der Waals surface area contributed by atoms with Crippen LogP contribution >= 0.6 is 23.2 Å². The van der Waals surface area contributed by atoms with Crippen LogP contribution in [0.15, 0.2) is 18.2 Å². The first-order valence-electron chi connectivity index (χ1n) is 5.30. The number of carbonyl (C=O) groups is 1. The first-order valence-corrected chi connectivity index (χ1v) is 6.06. The molecule has 0 atom stereocenters. The first-order chi connectivity index (χ1) is 7.60. The lowest BCUT2D eigenvalue weighted by Crippen LogP contribution is -2.31. The fourth-order valence-corrected chi connectivity index (χ4v) is 2.07. The number of hydrogen-bond donors (Lipinski definition) is 0. The summed E-state index contributed by atoms with van der Waals surface area (Å²) in [6.45, 7) is 5.32. The standard InChI is InChI=1S/C12H15Cl2NO/c1-3-15(4-2)12(16)8-9-10(13)6-5-7-11(9)14/h5-7H,3-4,8H2,1-2H3. The van der Waals surface area contributed by atoms with Crippen LogP contribution in [0.1, 0.15) is 19.4 Å². The van der Waals surface area contributed by atoms with Crippen molar-refractivity contribution in [2.75, 3.05) is 13.1 Å². The molecule has 0 unspecified atom stereocenters. The van der Waals surface area contributed by atoms with E-state index in [1.807, 2.05) is 13.8 Å². The van der Waals surface area contributed by atoms with Gasteiger partial charge in [-0.25, -0.2) is 0 Å². The highest BCUT2D eigenvalue weighted by Crippen LogP contribution is 2.25. The summed E-state index contributed by atoms with van der Waals surface area (Å²) in [5.41, 5.74) is 0.711. The number of likely N-dealkylation sites (N-methyl/N-ethyl adjacent to an activating group) is 1. The lowest BCUT2D eigenvalue weighted by Gasteiger charge is -2.19. The molecule has 0 saturated heterocycles. The van der Waals surface area contributed by atoms with Crippen LogP contribution < -0.4 is 0 Å². The molecule has 0 aliphatic carbocycles. The zero-order valence-corrected chi connectivity index (χ0v) is 11.0. The zero-order chi connectivity index (χ0) is 12.1. The third-order valence-corrected chi connectivity index (χ3v) is 3.21. The summed E-state index contributed by atoms with van der Waals surface area (Å²) in [4.78, 5) is 13.7. The Balaban J connectivity index is 2.84. The van der Waals surface area contributed by atoms with Gasteiger partial charge >= 0.3 is 0 Å². The summed E-state index contributed by atoms with van der Waals surface area (Å²) in [6, 6.07) is 5.27. The monoisotopic (exact) mass is 259 g/mol. The number of benzene rings is 1. The van der Waals surface area contributed by atoms with Gasteiger partial charge in [0.15, 0.2) is 0 Å². The van der Waals surface area contributed by atoms with E-state index in [1.165, 1.54) is 0 Å². The van der Waals surface area contributed by atoms with Gasteiger partial charge in [0.2, 0.25) is 5.91 Å². The minimum Gasteiger partial charge on any atom is -0.343 e. The smallest absolute Gasteiger partial charge is 0.227 e. The Kier molecular flexibility index (Phi) is 5.10. The number of nitrogens with zero attached hydrogens (tertiary/aromatic N) is 1. The Hall–Kier alpha value is -0.730. The minimum absolute atomic E-state index is 0.0556. The van der Waals surface area contributed by atoms with Crippen molar-refractivity contribution in [3.8, 4) is 0 Å². The fraction of sp³-hybridized carbons (Fsp3) is 0.417. The molecule has 1 aromatic rings. The van der Waals surface area contributed by atoms with Crippen LogP contribution in [-0.4, -0.2) is 23.9 Å². The van der Waals surface area contributed by atoms with Crippen molar-refractivity contribution in [1.29, 1.82) is 0 Å². The van der Waals surface area contributed by atoms with Crippen molar-refractivity contribution in [2.24, 2.45) is 0 Å². The van der Waals surface area contributed by atoms with Crippen molar-refractivity contribution >= 4 is 29.1 Å². The fourth-order valence-electron chi connectivity index (χ4n) is 1.54. The molecule has 0 saturated carbocycles. The van der Waals surface area contributed by atoms with Crippen LogP contribution in [0.25, 0.3) is 0 Å². The van der Waals surface area contributed by atoms with E-state index < -0.39 is 0 Å². The van der Waals surface area contributed by atoms with E-state index in [9.17, 15) is 4.79 Å². The number of rotatable bonds is 4. The number of amides is 1. The van der Waals surface area contributed by atoms with Crippen LogP contribution in [0.5, 0.6) is 0 Å². The molecule has 4 heteroatoms. The highest BCUT2D eigenvalue weighted by atomic mass is 35.5. The summed E-state index contributed by atoms with van der Waals surface area (Å²) in [5.74, 6) is 0.0556. The number of carbonyl (C=O) groups excluding carboxylic acids is 1. The molecule has 0 radical (unpaired) electrons. The highest BCUT2D eigenvalue weighted by molar-refractivity contribution is 6.36. The third kappa shape index (κ3) is 3.13. The van der Waals surface area contributed by atoms with E-state index in [4.69, 9.17) is 23.2 Å². The van der Waals surface area contributed by atoms with Crippen LogP contribution in [-0.2, 0) is 11.2 Å². The normalized spacial score (nSPS) is 10.2. The molecule has 1 aromatic carbocycles. The molecule has 0 N–H and O–H groups in total. The summed E-state index contributed by atoms with van der Waals surface area (Å²) < 4.78 is 0. The lowest BCUT2D eigenvalue weighted by molar-refractivity contribution is -0.130. The SMILES string of the molecule is CCN(CC)C(=O)Cc1c(Cl)cccc1Cl. The van der Waals surface area contributed by atoms with Crippen LogP contribution in [0.3, 0.4) is 0 Å². The van der Waals surface area contributed by atoms with Gasteiger partial charge in [-0.15, -0.1) is 0 Å². The van der Waals surface area contributed by atoms with E-state index in [-0.39, 0.29) is 12.3 Å². The van der Waals surface area contributed by atoms with E-state index >= 15 is 0 Å². The molecule has 0 aliphatic heterocycles. The largest absolute Gasteiger partial charge is 0.343 e. The average molecular weight is 260 g/mol. The average Bonchev–Trinajstić information content (AvgIpc) is 2.25. The van der Waals surface area contributed by atoms with Crippen LogP contribution in [0, 0.1) is 0 Å². The summed E-state index contributed by atoms with van der Waals surface area (Å²) in [5, 5.41) is 1.10. The molecule has 1 rings (SSSR count). The Bertz CT molecular complexity index is 355. The van der Waals surface area contributed by atoms with Gasteiger partial charge in [-0.2, -0.15) is 0 Å². The molecule has 0 aromatic heterocycles. The molecule has 0 spiro atoms. The van der Waals surface area contributed by atoms with Gasteiger partial charge in [0.1, 0.15) is 0 Å². The Morgan fingerprint density at radius 1 is 1.19 bits per heavy atom. The predicted octanol–water partition coefficient (Wildman–Crippen LogP) is 3.40. The first kappa shape index (κ1) is 13.3. The topological polar surface area (TPSA) is 20.3 Å². The maximum absolute atomic E-state index is 11.9.